The van der Waals surface area contributed by atoms with Gasteiger partial charge in [-0.15, -0.1) is 0 Å². The predicted octanol–water partition coefficient (Wildman–Crippen LogP) is -0.335. The van der Waals surface area contributed by atoms with E-state index in [-0.39, 0.29) is 11.9 Å². The van der Waals surface area contributed by atoms with Crippen molar-refractivity contribution in [2.75, 3.05) is 52.2 Å². The van der Waals surface area contributed by atoms with Crippen molar-refractivity contribution in [3.05, 3.63) is 0 Å². The summed E-state index contributed by atoms with van der Waals surface area (Å²) >= 11 is 0. The van der Waals surface area contributed by atoms with Gasteiger partial charge in [-0.2, -0.15) is 4.31 Å². The summed E-state index contributed by atoms with van der Waals surface area (Å²) in [6.45, 7) is 3.80. The summed E-state index contributed by atoms with van der Waals surface area (Å²) in [6, 6.07) is -0.323. The number of morpholine rings is 1. The molecular formula is C16H27N3O5S. The minimum Gasteiger partial charge on any atom is -0.369 e. The smallest absolute Gasteiger partial charge is 0.265 e. The lowest BCUT2D eigenvalue weighted by Gasteiger charge is -2.54. The van der Waals surface area contributed by atoms with Gasteiger partial charge in [0.2, 0.25) is 10.0 Å². The lowest BCUT2D eigenvalue weighted by Crippen LogP contribution is -2.73. The predicted molar refractivity (Wildman–Crippen MR) is 90.1 cm³/mol. The van der Waals surface area contributed by atoms with E-state index in [1.807, 2.05) is 0 Å². The summed E-state index contributed by atoms with van der Waals surface area (Å²) in [7, 11) is -3.18. The monoisotopic (exact) mass is 373 g/mol. The highest BCUT2D eigenvalue weighted by molar-refractivity contribution is 7.88. The molecule has 4 fully saturated rings. The Labute approximate surface area is 149 Å². The van der Waals surface area contributed by atoms with Crippen LogP contribution in [0.25, 0.3) is 0 Å². The quantitative estimate of drug-likeness (QED) is 0.671. The molecule has 0 aromatic rings. The number of amides is 1. The van der Waals surface area contributed by atoms with Gasteiger partial charge in [0.25, 0.3) is 5.91 Å². The molecule has 25 heavy (non-hydrogen) atoms. The Morgan fingerprint density at radius 3 is 2.56 bits per heavy atom. The Kier molecular flexibility index (Phi) is 4.56. The minimum atomic E-state index is -3.18. The zero-order valence-electron chi connectivity index (χ0n) is 14.7. The maximum Gasteiger partial charge on any atom is 0.265 e. The van der Waals surface area contributed by atoms with Gasteiger partial charge in [0.05, 0.1) is 19.5 Å². The topological polar surface area (TPSA) is 79.4 Å². The van der Waals surface area contributed by atoms with E-state index in [9.17, 15) is 13.2 Å². The Morgan fingerprint density at radius 1 is 1.20 bits per heavy atom. The molecule has 1 aliphatic carbocycles. The van der Waals surface area contributed by atoms with Crippen LogP contribution in [0.3, 0.4) is 0 Å². The maximum absolute atomic E-state index is 12.9. The van der Waals surface area contributed by atoms with E-state index in [0.29, 0.717) is 45.3 Å². The van der Waals surface area contributed by atoms with Crippen LogP contribution in [0.2, 0.25) is 0 Å². The van der Waals surface area contributed by atoms with Crippen molar-refractivity contribution in [1.82, 2.24) is 14.3 Å². The van der Waals surface area contributed by atoms with Crippen molar-refractivity contribution >= 4 is 15.9 Å². The normalized spacial score (nSPS) is 31.1. The number of carbonyl (C=O) groups is 1. The molecule has 1 atom stereocenters. The SMILES string of the molecule is CS(=O)(=O)N1CC2(CN(CC3CC3)[C@H](C(=O)N3CCCCO3)CO2)C1. The third-order valence-electron chi connectivity index (χ3n) is 5.60. The number of carbonyl (C=O) groups excluding carboxylic acids is 1. The van der Waals surface area contributed by atoms with Crippen molar-refractivity contribution < 1.29 is 22.8 Å². The standard InChI is InChI=1S/C16H27N3O5S/c1-25(21,22)18-11-16(12-18)10-17(8-13-4-5-13)14(9-23-16)15(20)19-6-2-3-7-24-19/h13-14H,2-12H2,1H3/t14-/m0/s1. The number of ether oxygens (including phenoxy) is 1. The zero-order chi connectivity index (χ0) is 17.7. The molecule has 0 aromatic heterocycles. The average molecular weight is 373 g/mol. The molecule has 0 unspecified atom stereocenters. The number of hydroxylamine groups is 2. The Balaban J connectivity index is 1.43. The molecule has 0 bridgehead atoms. The summed E-state index contributed by atoms with van der Waals surface area (Å²) in [5, 5.41) is 1.50. The van der Waals surface area contributed by atoms with E-state index in [0.717, 1.165) is 19.4 Å². The second-order valence-corrected chi connectivity index (χ2v) is 9.88. The highest BCUT2D eigenvalue weighted by Crippen LogP contribution is 2.36. The molecule has 0 N–H and O–H groups in total. The molecule has 3 heterocycles. The van der Waals surface area contributed by atoms with Gasteiger partial charge in [-0.25, -0.2) is 13.5 Å². The van der Waals surface area contributed by atoms with Crippen LogP contribution >= 0.6 is 0 Å². The number of nitrogens with zero attached hydrogens (tertiary/aromatic N) is 3. The van der Waals surface area contributed by atoms with E-state index < -0.39 is 15.6 Å². The molecule has 1 saturated carbocycles. The second kappa shape index (κ2) is 6.45. The van der Waals surface area contributed by atoms with E-state index in [4.69, 9.17) is 9.57 Å². The lowest BCUT2D eigenvalue weighted by atomic mass is 9.92. The lowest BCUT2D eigenvalue weighted by molar-refractivity contribution is -0.220. The summed E-state index contributed by atoms with van der Waals surface area (Å²) in [4.78, 5) is 20.6. The van der Waals surface area contributed by atoms with E-state index in [1.54, 1.807) is 0 Å². The second-order valence-electron chi connectivity index (χ2n) is 7.89. The fraction of sp³-hybridized carbons (Fsp3) is 0.938. The van der Waals surface area contributed by atoms with Crippen LogP contribution < -0.4 is 0 Å². The Bertz CT molecular complexity index is 624. The first-order valence-electron chi connectivity index (χ1n) is 9.14. The summed E-state index contributed by atoms with van der Waals surface area (Å²) < 4.78 is 30.8. The first-order valence-corrected chi connectivity index (χ1v) is 11.0. The van der Waals surface area contributed by atoms with Crippen LogP contribution in [0, 0.1) is 5.92 Å². The molecule has 0 radical (unpaired) electrons. The van der Waals surface area contributed by atoms with Crippen molar-refractivity contribution in [2.24, 2.45) is 5.92 Å². The highest BCUT2D eigenvalue weighted by Gasteiger charge is 2.54. The zero-order valence-corrected chi connectivity index (χ0v) is 15.5. The van der Waals surface area contributed by atoms with Gasteiger partial charge in [0, 0.05) is 32.7 Å². The van der Waals surface area contributed by atoms with Gasteiger partial charge in [0.1, 0.15) is 11.6 Å². The van der Waals surface area contributed by atoms with Crippen LogP contribution in [-0.2, 0) is 24.4 Å². The van der Waals surface area contributed by atoms with E-state index >= 15 is 0 Å². The van der Waals surface area contributed by atoms with Gasteiger partial charge in [-0.1, -0.05) is 0 Å². The van der Waals surface area contributed by atoms with Crippen molar-refractivity contribution in [1.29, 1.82) is 0 Å². The highest BCUT2D eigenvalue weighted by atomic mass is 32.2. The number of hydrogen-bond donors (Lipinski definition) is 0. The first kappa shape index (κ1) is 17.7. The van der Waals surface area contributed by atoms with E-state index in [1.165, 1.54) is 28.5 Å². The molecule has 1 amide bonds. The van der Waals surface area contributed by atoms with Gasteiger partial charge in [-0.05, 0) is 31.6 Å². The molecule has 1 spiro atoms. The molecule has 4 rings (SSSR count). The molecular weight excluding hydrogens is 346 g/mol. The van der Waals surface area contributed by atoms with Crippen LogP contribution in [0.4, 0.5) is 0 Å². The van der Waals surface area contributed by atoms with Crippen molar-refractivity contribution in [3.63, 3.8) is 0 Å². The fourth-order valence-electron chi connectivity index (χ4n) is 3.90. The summed E-state index contributed by atoms with van der Waals surface area (Å²) in [5.74, 6) is 0.633. The average Bonchev–Trinajstić information content (AvgIpc) is 3.36. The summed E-state index contributed by atoms with van der Waals surface area (Å²) in [6.07, 6.45) is 5.60. The first-order chi connectivity index (χ1) is 11.9. The molecule has 0 aromatic carbocycles. The van der Waals surface area contributed by atoms with Crippen molar-refractivity contribution in [2.45, 2.75) is 37.3 Å². The summed E-state index contributed by atoms with van der Waals surface area (Å²) in [5.41, 5.74) is -0.461. The fourth-order valence-corrected chi connectivity index (χ4v) is 4.84. The van der Waals surface area contributed by atoms with Crippen LogP contribution in [0.1, 0.15) is 25.7 Å². The minimum absolute atomic E-state index is 0.0190. The van der Waals surface area contributed by atoms with Gasteiger partial charge in [0.15, 0.2) is 0 Å². The third-order valence-corrected chi connectivity index (χ3v) is 6.80. The van der Waals surface area contributed by atoms with Crippen LogP contribution in [0.15, 0.2) is 0 Å². The van der Waals surface area contributed by atoms with Crippen LogP contribution in [0.5, 0.6) is 0 Å². The molecule has 9 heteroatoms. The number of rotatable bonds is 4. The Morgan fingerprint density at radius 2 is 1.96 bits per heavy atom. The molecule has 3 saturated heterocycles. The molecule has 8 nitrogen and oxygen atoms in total. The van der Waals surface area contributed by atoms with Crippen LogP contribution in [-0.4, -0.2) is 92.4 Å². The molecule has 3 aliphatic heterocycles. The Hall–Kier alpha value is -0.740. The largest absolute Gasteiger partial charge is 0.369 e. The van der Waals surface area contributed by atoms with Gasteiger partial charge < -0.3 is 4.74 Å². The number of hydrogen-bond acceptors (Lipinski definition) is 6. The number of sulfonamides is 1. The molecule has 142 valence electrons. The molecule has 4 aliphatic rings. The maximum atomic E-state index is 12.9. The van der Waals surface area contributed by atoms with Gasteiger partial charge in [-0.3, -0.25) is 14.5 Å². The van der Waals surface area contributed by atoms with Crippen molar-refractivity contribution in [3.8, 4) is 0 Å². The van der Waals surface area contributed by atoms with E-state index in [2.05, 4.69) is 4.90 Å². The van der Waals surface area contributed by atoms with Gasteiger partial charge >= 0.3 is 0 Å². The third kappa shape index (κ3) is 3.71.